The number of aromatic carboxylic acids is 1. The first-order valence-corrected chi connectivity index (χ1v) is 10.1. The Morgan fingerprint density at radius 3 is 2.23 bits per heavy atom. The molecule has 0 aliphatic carbocycles. The van der Waals surface area contributed by atoms with Crippen molar-refractivity contribution in [1.29, 1.82) is 0 Å². The molecule has 6 nitrogen and oxygen atoms in total. The number of nitrogens with one attached hydrogen (secondary N) is 1. The highest BCUT2D eigenvalue weighted by Gasteiger charge is 2.14. The van der Waals surface area contributed by atoms with Gasteiger partial charge in [0, 0.05) is 27.8 Å². The fraction of sp³-hybridized carbons (Fsp3) is 0. The summed E-state index contributed by atoms with van der Waals surface area (Å²) < 4.78 is 0. The monoisotopic (exact) mass is 431 g/mol. The van der Waals surface area contributed by atoms with Crippen molar-refractivity contribution >= 4 is 28.9 Å². The minimum absolute atomic E-state index is 0.0736. The molecule has 7 heteroatoms. The van der Waals surface area contributed by atoms with Gasteiger partial charge in [-0.15, -0.1) is 11.3 Å². The number of carbonyl (C=O) groups excluding carboxylic acids is 1. The molecular formula is C24H17NO5S. The molecule has 0 saturated heterocycles. The first-order chi connectivity index (χ1) is 14.9. The fourth-order valence-corrected chi connectivity index (χ4v) is 4.09. The lowest BCUT2D eigenvalue weighted by atomic mass is 10.0. The third-order valence-corrected chi connectivity index (χ3v) is 5.72. The van der Waals surface area contributed by atoms with Crippen LogP contribution in [0, 0.1) is 0 Å². The lowest BCUT2D eigenvalue weighted by Gasteiger charge is -2.11. The SMILES string of the molecule is O=C(Nc1ccccc1-c1ccc(C(=O)O)s1)c1cccc(-c2cc(O)cc(O)c2)c1. The smallest absolute Gasteiger partial charge is 0.345 e. The number of carboxylic acid groups (broad SMARTS) is 1. The van der Waals surface area contributed by atoms with E-state index in [1.807, 2.05) is 12.1 Å². The molecule has 0 aliphatic heterocycles. The summed E-state index contributed by atoms with van der Waals surface area (Å²) in [6.45, 7) is 0. The average molecular weight is 431 g/mol. The number of carbonyl (C=O) groups is 2. The van der Waals surface area contributed by atoms with E-state index < -0.39 is 5.97 Å². The van der Waals surface area contributed by atoms with Gasteiger partial charge in [-0.3, -0.25) is 4.79 Å². The number of aromatic hydroxyl groups is 2. The summed E-state index contributed by atoms with van der Waals surface area (Å²) in [4.78, 5) is 25.1. The van der Waals surface area contributed by atoms with Gasteiger partial charge >= 0.3 is 5.97 Å². The molecule has 0 radical (unpaired) electrons. The predicted octanol–water partition coefficient (Wildman–Crippen LogP) is 5.44. The summed E-state index contributed by atoms with van der Waals surface area (Å²) in [6, 6.07) is 21.5. The summed E-state index contributed by atoms with van der Waals surface area (Å²) >= 11 is 1.14. The van der Waals surface area contributed by atoms with E-state index in [-0.39, 0.29) is 22.3 Å². The molecule has 4 aromatic rings. The van der Waals surface area contributed by atoms with Crippen molar-refractivity contribution in [2.75, 3.05) is 5.32 Å². The number of hydrogen-bond acceptors (Lipinski definition) is 5. The lowest BCUT2D eigenvalue weighted by molar-refractivity contribution is 0.0702. The topological polar surface area (TPSA) is 107 Å². The predicted molar refractivity (Wildman–Crippen MR) is 120 cm³/mol. The molecule has 0 spiro atoms. The first kappa shape index (κ1) is 20.2. The van der Waals surface area contributed by atoms with E-state index in [0.717, 1.165) is 21.8 Å². The Bertz CT molecular complexity index is 1270. The van der Waals surface area contributed by atoms with Crippen molar-refractivity contribution in [2.24, 2.45) is 0 Å². The van der Waals surface area contributed by atoms with Crippen LogP contribution in [0.25, 0.3) is 21.6 Å². The highest BCUT2D eigenvalue weighted by atomic mass is 32.1. The number of phenols is 2. The molecular weight excluding hydrogens is 414 g/mol. The Morgan fingerprint density at radius 1 is 0.774 bits per heavy atom. The number of anilines is 1. The zero-order valence-electron chi connectivity index (χ0n) is 16.1. The summed E-state index contributed by atoms with van der Waals surface area (Å²) in [5, 5.41) is 31.5. The van der Waals surface area contributed by atoms with E-state index in [9.17, 15) is 24.9 Å². The van der Waals surface area contributed by atoms with Crippen molar-refractivity contribution in [3.8, 4) is 33.1 Å². The summed E-state index contributed by atoms with van der Waals surface area (Å²) in [6.07, 6.45) is 0. The second kappa shape index (κ2) is 8.33. The van der Waals surface area contributed by atoms with Crippen LogP contribution in [0.1, 0.15) is 20.0 Å². The number of phenolic OH excluding ortho intramolecular Hbond substituents is 2. The second-order valence-electron chi connectivity index (χ2n) is 6.79. The van der Waals surface area contributed by atoms with E-state index in [0.29, 0.717) is 22.4 Å². The van der Waals surface area contributed by atoms with Gasteiger partial charge in [-0.25, -0.2) is 4.79 Å². The standard InChI is InChI=1S/C24H17NO5S/c26-17-11-16(12-18(27)13-17)14-4-3-5-15(10-14)23(28)25-20-7-2-1-6-19(20)21-8-9-22(31-21)24(29)30/h1-13,26-27H,(H,25,28)(H,29,30). The number of para-hydroxylation sites is 1. The summed E-state index contributed by atoms with van der Waals surface area (Å²) in [5.41, 5.74) is 2.92. The quantitative estimate of drug-likeness (QED) is 0.336. The molecule has 0 saturated carbocycles. The van der Waals surface area contributed by atoms with Gasteiger partial charge in [-0.05, 0) is 53.6 Å². The molecule has 0 bridgehead atoms. The van der Waals surface area contributed by atoms with Gasteiger partial charge in [0.15, 0.2) is 0 Å². The summed E-state index contributed by atoms with van der Waals surface area (Å²) in [5.74, 6) is -1.48. The molecule has 1 amide bonds. The van der Waals surface area contributed by atoms with Gasteiger partial charge < -0.3 is 20.6 Å². The average Bonchev–Trinajstić information content (AvgIpc) is 3.24. The fourth-order valence-electron chi connectivity index (χ4n) is 3.20. The molecule has 4 rings (SSSR count). The van der Waals surface area contributed by atoms with Crippen LogP contribution in [-0.2, 0) is 0 Å². The van der Waals surface area contributed by atoms with Gasteiger partial charge in [0.1, 0.15) is 16.4 Å². The molecule has 4 N–H and O–H groups in total. The van der Waals surface area contributed by atoms with Crippen LogP contribution >= 0.6 is 11.3 Å². The van der Waals surface area contributed by atoms with Crippen LogP contribution in [0.4, 0.5) is 5.69 Å². The Kier molecular flexibility index (Phi) is 5.43. The van der Waals surface area contributed by atoms with Crippen LogP contribution in [-0.4, -0.2) is 27.2 Å². The van der Waals surface area contributed by atoms with Crippen LogP contribution in [0.15, 0.2) is 78.9 Å². The zero-order valence-corrected chi connectivity index (χ0v) is 16.9. The van der Waals surface area contributed by atoms with Crippen molar-refractivity contribution in [1.82, 2.24) is 0 Å². The number of hydrogen-bond donors (Lipinski definition) is 4. The Morgan fingerprint density at radius 2 is 1.52 bits per heavy atom. The Balaban J connectivity index is 1.63. The summed E-state index contributed by atoms with van der Waals surface area (Å²) in [7, 11) is 0. The van der Waals surface area contributed by atoms with Crippen molar-refractivity contribution in [2.45, 2.75) is 0 Å². The maximum atomic E-state index is 12.9. The van der Waals surface area contributed by atoms with Gasteiger partial charge in [0.25, 0.3) is 5.91 Å². The molecule has 1 heterocycles. The Hall–Kier alpha value is -4.10. The maximum absolute atomic E-state index is 12.9. The Labute approximate surface area is 181 Å². The van der Waals surface area contributed by atoms with E-state index >= 15 is 0 Å². The molecule has 0 unspecified atom stereocenters. The molecule has 31 heavy (non-hydrogen) atoms. The third kappa shape index (κ3) is 4.41. The van der Waals surface area contributed by atoms with E-state index in [1.165, 1.54) is 24.3 Å². The molecule has 1 aromatic heterocycles. The van der Waals surface area contributed by atoms with Gasteiger partial charge in [-0.2, -0.15) is 0 Å². The van der Waals surface area contributed by atoms with Crippen LogP contribution in [0.3, 0.4) is 0 Å². The molecule has 154 valence electrons. The molecule has 0 aliphatic rings. The number of benzene rings is 3. The largest absolute Gasteiger partial charge is 0.508 e. The van der Waals surface area contributed by atoms with Crippen molar-refractivity contribution < 1.29 is 24.9 Å². The number of carboxylic acids is 1. The third-order valence-electron chi connectivity index (χ3n) is 4.62. The zero-order chi connectivity index (χ0) is 22.0. The molecule has 0 fully saturated rings. The second-order valence-corrected chi connectivity index (χ2v) is 7.87. The minimum atomic E-state index is -0.993. The highest BCUT2D eigenvalue weighted by molar-refractivity contribution is 7.17. The number of amides is 1. The first-order valence-electron chi connectivity index (χ1n) is 9.28. The minimum Gasteiger partial charge on any atom is -0.508 e. The van der Waals surface area contributed by atoms with Gasteiger partial charge in [-0.1, -0.05) is 30.3 Å². The van der Waals surface area contributed by atoms with Gasteiger partial charge in [0.05, 0.1) is 0 Å². The van der Waals surface area contributed by atoms with Crippen molar-refractivity contribution in [3.05, 3.63) is 89.3 Å². The van der Waals surface area contributed by atoms with E-state index in [1.54, 1.807) is 42.5 Å². The normalized spacial score (nSPS) is 10.6. The van der Waals surface area contributed by atoms with Crippen LogP contribution in [0.2, 0.25) is 0 Å². The highest BCUT2D eigenvalue weighted by Crippen LogP contribution is 2.34. The van der Waals surface area contributed by atoms with Crippen LogP contribution < -0.4 is 5.32 Å². The van der Waals surface area contributed by atoms with E-state index in [4.69, 9.17) is 0 Å². The lowest BCUT2D eigenvalue weighted by Crippen LogP contribution is -2.12. The maximum Gasteiger partial charge on any atom is 0.345 e. The van der Waals surface area contributed by atoms with Crippen LogP contribution in [0.5, 0.6) is 11.5 Å². The number of rotatable bonds is 5. The number of thiophene rings is 1. The van der Waals surface area contributed by atoms with E-state index in [2.05, 4.69) is 5.32 Å². The van der Waals surface area contributed by atoms with Crippen molar-refractivity contribution in [3.63, 3.8) is 0 Å². The van der Waals surface area contributed by atoms with Gasteiger partial charge in [0.2, 0.25) is 0 Å². The molecule has 3 aromatic carbocycles. The molecule has 0 atom stereocenters.